The molecule has 0 saturated heterocycles. The second-order valence-electron chi connectivity index (χ2n) is 9.16. The van der Waals surface area contributed by atoms with Crippen LogP contribution in [0.1, 0.15) is 22.3 Å². The van der Waals surface area contributed by atoms with Crippen molar-refractivity contribution < 1.29 is 52.7 Å². The first-order chi connectivity index (χ1) is 19.3. The molecule has 5 aromatic rings. The van der Waals surface area contributed by atoms with Gasteiger partial charge in [0.25, 0.3) is 0 Å². The summed E-state index contributed by atoms with van der Waals surface area (Å²) < 4.78 is 161. The Morgan fingerprint density at radius 3 is 0.929 bits per heavy atom. The zero-order valence-electron chi connectivity index (χ0n) is 20.4. The Kier molecular flexibility index (Phi) is 6.66. The Balaban J connectivity index is 1.77. The average molecular weight is 604 g/mol. The fraction of sp³-hybridized carbons (Fsp3) is 0.143. The maximum absolute atomic E-state index is 13.5. The highest BCUT2D eigenvalue weighted by Crippen LogP contribution is 2.43. The van der Waals surface area contributed by atoms with Crippen molar-refractivity contribution in [3.05, 3.63) is 95.3 Å². The van der Waals surface area contributed by atoms with Gasteiger partial charge in [-0.15, -0.1) is 0 Å². The summed E-state index contributed by atoms with van der Waals surface area (Å²) in [5.41, 5.74) is -7.41. The number of aromatic nitrogens is 2. The Bertz CT molecular complexity index is 1630. The summed E-state index contributed by atoms with van der Waals surface area (Å²) in [6.45, 7) is 0. The maximum Gasteiger partial charge on any atom is 0.416 e. The number of nitrogens with zero attached hydrogens (tertiary/aromatic N) is 2. The van der Waals surface area contributed by atoms with E-state index in [1.807, 2.05) is 0 Å². The Hall–Kier alpha value is -4.36. The minimum absolute atomic E-state index is 0.0274. The molecule has 218 valence electrons. The number of hydrogen-bond acceptors (Lipinski definition) is 2. The van der Waals surface area contributed by atoms with Crippen LogP contribution in [0.4, 0.5) is 52.7 Å². The normalized spacial score (nSPS) is 13.2. The van der Waals surface area contributed by atoms with E-state index < -0.39 is 58.1 Å². The lowest BCUT2D eigenvalue weighted by Crippen LogP contribution is -2.11. The van der Waals surface area contributed by atoms with Crippen LogP contribution in [-0.2, 0) is 24.7 Å². The lowest BCUT2D eigenvalue weighted by Gasteiger charge is -2.17. The molecule has 0 radical (unpaired) electrons. The highest BCUT2D eigenvalue weighted by atomic mass is 19.4. The minimum atomic E-state index is -5.11. The largest absolute Gasteiger partial charge is 0.416 e. The van der Waals surface area contributed by atoms with Crippen molar-refractivity contribution in [1.82, 2.24) is 9.97 Å². The van der Waals surface area contributed by atoms with Crippen LogP contribution in [0, 0.1) is 0 Å². The molecule has 2 heterocycles. The van der Waals surface area contributed by atoms with E-state index in [2.05, 4.69) is 9.97 Å². The molecule has 42 heavy (non-hydrogen) atoms. The summed E-state index contributed by atoms with van der Waals surface area (Å²) in [6.07, 6.45) is -18.3. The summed E-state index contributed by atoms with van der Waals surface area (Å²) in [5.74, 6) is 0. The molecule has 0 unspecified atom stereocenters. The first-order valence-corrected chi connectivity index (χ1v) is 11.6. The van der Waals surface area contributed by atoms with Crippen molar-refractivity contribution in [2.45, 2.75) is 24.7 Å². The van der Waals surface area contributed by atoms with Gasteiger partial charge in [-0.3, -0.25) is 9.97 Å². The van der Waals surface area contributed by atoms with Crippen molar-refractivity contribution in [1.29, 1.82) is 0 Å². The van der Waals surface area contributed by atoms with Crippen LogP contribution in [-0.4, -0.2) is 9.97 Å². The van der Waals surface area contributed by atoms with E-state index in [0.717, 1.165) is 12.4 Å². The monoisotopic (exact) mass is 604 g/mol. The Labute approximate surface area is 227 Å². The molecule has 0 N–H and O–H groups in total. The number of halogens is 12. The molecule has 0 aliphatic rings. The van der Waals surface area contributed by atoms with Crippen LogP contribution in [0.15, 0.2) is 73.1 Å². The summed E-state index contributed by atoms with van der Waals surface area (Å²) >= 11 is 0. The van der Waals surface area contributed by atoms with E-state index in [1.165, 1.54) is 24.3 Å². The van der Waals surface area contributed by atoms with Gasteiger partial charge in [-0.25, -0.2) is 0 Å². The molecule has 2 nitrogen and oxygen atoms in total. The predicted octanol–water partition coefficient (Wildman–Crippen LogP) is 10.2. The molecule has 0 amide bonds. The van der Waals surface area contributed by atoms with E-state index in [4.69, 9.17) is 0 Å². The summed E-state index contributed by atoms with van der Waals surface area (Å²) in [4.78, 5) is 8.24. The molecule has 0 atom stereocenters. The van der Waals surface area contributed by atoms with Crippen molar-refractivity contribution in [3.8, 4) is 22.3 Å². The number of fused-ring (bicyclic) bond motifs is 3. The molecule has 0 fully saturated rings. The first kappa shape index (κ1) is 29.1. The van der Waals surface area contributed by atoms with Gasteiger partial charge in [0.2, 0.25) is 0 Å². The van der Waals surface area contributed by atoms with Gasteiger partial charge in [-0.1, -0.05) is 12.1 Å². The molecule has 14 heteroatoms. The number of alkyl halides is 12. The Morgan fingerprint density at radius 1 is 0.381 bits per heavy atom. The molecule has 2 aromatic heterocycles. The summed E-state index contributed by atoms with van der Waals surface area (Å²) in [7, 11) is 0. The lowest BCUT2D eigenvalue weighted by atomic mass is 9.93. The van der Waals surface area contributed by atoms with Gasteiger partial charge >= 0.3 is 24.7 Å². The Morgan fingerprint density at radius 2 is 0.667 bits per heavy atom. The fourth-order valence-corrected chi connectivity index (χ4v) is 4.55. The third-order valence-electron chi connectivity index (χ3n) is 6.42. The number of rotatable bonds is 2. The van der Waals surface area contributed by atoms with E-state index >= 15 is 0 Å². The van der Waals surface area contributed by atoms with Gasteiger partial charge in [0.15, 0.2) is 0 Å². The van der Waals surface area contributed by atoms with Crippen LogP contribution < -0.4 is 0 Å². The van der Waals surface area contributed by atoms with Crippen LogP contribution in [0.3, 0.4) is 0 Å². The summed E-state index contributed by atoms with van der Waals surface area (Å²) in [6, 6.07) is 6.90. The molecule has 0 bridgehead atoms. The topological polar surface area (TPSA) is 25.8 Å². The van der Waals surface area contributed by atoms with Crippen LogP contribution in [0.5, 0.6) is 0 Å². The molecule has 0 spiro atoms. The number of pyridine rings is 2. The van der Waals surface area contributed by atoms with Gasteiger partial charge in [-0.05, 0) is 70.8 Å². The highest BCUT2D eigenvalue weighted by Gasteiger charge is 2.38. The molecular weight excluding hydrogens is 592 g/mol. The van der Waals surface area contributed by atoms with E-state index in [-0.39, 0.29) is 45.1 Å². The second kappa shape index (κ2) is 9.60. The van der Waals surface area contributed by atoms with Gasteiger partial charge in [-0.2, -0.15) is 52.7 Å². The van der Waals surface area contributed by atoms with Crippen molar-refractivity contribution in [3.63, 3.8) is 0 Å². The molecule has 5 rings (SSSR count). The lowest BCUT2D eigenvalue weighted by molar-refractivity contribution is -0.144. The zero-order valence-corrected chi connectivity index (χ0v) is 20.4. The molecule has 0 saturated carbocycles. The first-order valence-electron chi connectivity index (χ1n) is 11.6. The average Bonchev–Trinajstić information content (AvgIpc) is 2.89. The zero-order chi connectivity index (χ0) is 30.8. The third-order valence-corrected chi connectivity index (χ3v) is 6.42. The van der Waals surface area contributed by atoms with Crippen LogP contribution >= 0.6 is 0 Å². The standard InChI is InChI=1S/C28H12F12N2/c29-25(30,31)15-7-13(8-16(11-15)26(32,33)34)19-3-5-41-23-21(19)1-2-22-20(4-6-42-24(22)23)14-9-17(27(35,36)37)12-18(10-14)28(38,39)40/h1-12H. The minimum Gasteiger partial charge on any atom is -0.254 e. The molecular formula is C28H12F12N2. The molecule has 0 aliphatic heterocycles. The molecule has 3 aromatic carbocycles. The van der Waals surface area contributed by atoms with Crippen molar-refractivity contribution in [2.75, 3.05) is 0 Å². The third kappa shape index (κ3) is 5.44. The smallest absolute Gasteiger partial charge is 0.254 e. The number of benzene rings is 3. The van der Waals surface area contributed by atoms with Gasteiger partial charge < -0.3 is 0 Å². The van der Waals surface area contributed by atoms with E-state index in [1.54, 1.807) is 0 Å². The fourth-order valence-electron chi connectivity index (χ4n) is 4.55. The van der Waals surface area contributed by atoms with Crippen molar-refractivity contribution >= 4 is 21.8 Å². The van der Waals surface area contributed by atoms with Crippen molar-refractivity contribution in [2.24, 2.45) is 0 Å². The van der Waals surface area contributed by atoms with Crippen LogP contribution in [0.2, 0.25) is 0 Å². The van der Waals surface area contributed by atoms with Gasteiger partial charge in [0, 0.05) is 23.2 Å². The number of hydrogen-bond donors (Lipinski definition) is 0. The highest BCUT2D eigenvalue weighted by molar-refractivity contribution is 6.11. The maximum atomic E-state index is 13.5. The predicted molar refractivity (Wildman–Crippen MR) is 128 cm³/mol. The van der Waals surface area contributed by atoms with E-state index in [9.17, 15) is 52.7 Å². The SMILES string of the molecule is FC(F)(F)c1cc(-c2ccnc3c2ccc2c(-c4cc(C(F)(F)F)cc(C(F)(F)F)c4)ccnc23)cc(C(F)(F)F)c1. The molecule has 0 aliphatic carbocycles. The van der Waals surface area contributed by atoms with Crippen LogP contribution in [0.25, 0.3) is 44.1 Å². The second-order valence-corrected chi connectivity index (χ2v) is 9.16. The van der Waals surface area contributed by atoms with E-state index in [0.29, 0.717) is 24.3 Å². The van der Waals surface area contributed by atoms with Gasteiger partial charge in [0.1, 0.15) is 0 Å². The quantitative estimate of drug-likeness (QED) is 0.148. The van der Waals surface area contributed by atoms with Gasteiger partial charge in [0.05, 0.1) is 33.3 Å². The summed E-state index contributed by atoms with van der Waals surface area (Å²) in [5, 5.41) is 0.0873.